The average Bonchev–Trinajstić information content (AvgIpc) is 3.10. The smallest absolute Gasteiger partial charge is 0.0966 e. The summed E-state index contributed by atoms with van der Waals surface area (Å²) in [7, 11) is 0. The monoisotopic (exact) mass is 286 g/mol. The molecule has 1 aliphatic carbocycles. The largest absolute Gasteiger partial charge is 0.309 e. The summed E-state index contributed by atoms with van der Waals surface area (Å²) < 4.78 is 0. The fourth-order valence-electron chi connectivity index (χ4n) is 2.89. The van der Waals surface area contributed by atoms with Crippen LogP contribution < -0.4 is 5.32 Å². The second kappa shape index (κ2) is 6.06. The number of hydrogen-bond acceptors (Lipinski definition) is 3. The molecule has 0 amide bonds. The van der Waals surface area contributed by atoms with Crippen LogP contribution in [0.3, 0.4) is 0 Å². The van der Waals surface area contributed by atoms with Crippen LogP contribution in [0.5, 0.6) is 0 Å². The minimum atomic E-state index is 0.365. The van der Waals surface area contributed by atoms with Crippen molar-refractivity contribution in [3.8, 4) is 0 Å². The molecule has 2 nitrogen and oxygen atoms in total. The molecule has 2 aromatic rings. The van der Waals surface area contributed by atoms with E-state index < -0.39 is 0 Å². The summed E-state index contributed by atoms with van der Waals surface area (Å²) in [6.45, 7) is 5.46. The lowest BCUT2D eigenvalue weighted by Crippen LogP contribution is -2.19. The van der Waals surface area contributed by atoms with Gasteiger partial charge in [-0.25, -0.2) is 4.98 Å². The van der Waals surface area contributed by atoms with Crippen molar-refractivity contribution in [2.24, 2.45) is 0 Å². The van der Waals surface area contributed by atoms with E-state index in [1.807, 2.05) is 11.3 Å². The second-order valence-electron chi connectivity index (χ2n) is 5.66. The molecule has 0 saturated heterocycles. The first-order valence-electron chi connectivity index (χ1n) is 7.53. The molecule has 3 heteroatoms. The van der Waals surface area contributed by atoms with Gasteiger partial charge < -0.3 is 5.32 Å². The summed E-state index contributed by atoms with van der Waals surface area (Å²) >= 11 is 1.83. The minimum absolute atomic E-state index is 0.365. The summed E-state index contributed by atoms with van der Waals surface area (Å²) in [5, 5.41) is 7.05. The Morgan fingerprint density at radius 3 is 2.65 bits per heavy atom. The molecule has 1 heterocycles. The molecule has 0 bridgehead atoms. The molecule has 0 saturated carbocycles. The molecule has 1 N–H and O–H groups in total. The Kier molecular flexibility index (Phi) is 4.18. The summed E-state index contributed by atoms with van der Waals surface area (Å²) in [5.74, 6) is 0.588. The number of rotatable bonds is 5. The lowest BCUT2D eigenvalue weighted by atomic mass is 10.1. The number of nitrogens with one attached hydrogen (secondary N) is 1. The van der Waals surface area contributed by atoms with Gasteiger partial charge >= 0.3 is 0 Å². The second-order valence-corrected chi connectivity index (χ2v) is 6.55. The van der Waals surface area contributed by atoms with Gasteiger partial charge in [-0.2, -0.15) is 0 Å². The molecule has 1 aromatic heterocycles. The Balaban J connectivity index is 1.69. The van der Waals surface area contributed by atoms with Crippen LogP contribution in [-0.4, -0.2) is 11.5 Å². The van der Waals surface area contributed by atoms with Crippen LogP contribution in [0, 0.1) is 0 Å². The van der Waals surface area contributed by atoms with Crippen molar-refractivity contribution >= 4 is 11.3 Å². The first-order valence-corrected chi connectivity index (χ1v) is 8.41. The molecule has 1 atom stereocenters. The molecule has 0 fully saturated rings. The van der Waals surface area contributed by atoms with E-state index in [1.54, 1.807) is 0 Å². The van der Waals surface area contributed by atoms with Crippen molar-refractivity contribution in [3.63, 3.8) is 0 Å². The van der Waals surface area contributed by atoms with E-state index in [2.05, 4.69) is 48.8 Å². The maximum absolute atomic E-state index is 4.88. The van der Waals surface area contributed by atoms with Gasteiger partial charge in [0.1, 0.15) is 0 Å². The maximum atomic E-state index is 4.88. The Hall–Kier alpha value is -1.19. The van der Waals surface area contributed by atoms with Gasteiger partial charge in [-0.05, 0) is 43.9 Å². The number of aromatic nitrogens is 1. The molecule has 3 rings (SSSR count). The van der Waals surface area contributed by atoms with Gasteiger partial charge in [0.15, 0.2) is 0 Å². The van der Waals surface area contributed by atoms with Gasteiger partial charge in [-0.3, -0.25) is 0 Å². The summed E-state index contributed by atoms with van der Waals surface area (Å²) in [6, 6.07) is 9.17. The van der Waals surface area contributed by atoms with Crippen LogP contribution in [0.15, 0.2) is 29.6 Å². The average molecular weight is 286 g/mol. The fourth-order valence-corrected chi connectivity index (χ4v) is 3.90. The van der Waals surface area contributed by atoms with Crippen LogP contribution in [0.25, 0.3) is 0 Å². The highest BCUT2D eigenvalue weighted by molar-refractivity contribution is 7.09. The number of hydrogen-bond donors (Lipinski definition) is 1. The van der Waals surface area contributed by atoms with E-state index in [9.17, 15) is 0 Å². The molecule has 1 aliphatic rings. The Morgan fingerprint density at radius 1 is 1.30 bits per heavy atom. The molecule has 0 aliphatic heterocycles. The maximum Gasteiger partial charge on any atom is 0.0966 e. The summed E-state index contributed by atoms with van der Waals surface area (Å²) in [6.07, 6.45) is 3.47. The third-order valence-corrected chi connectivity index (χ3v) is 5.11. The van der Waals surface area contributed by atoms with Crippen molar-refractivity contribution in [3.05, 3.63) is 51.5 Å². The lowest BCUT2D eigenvalue weighted by molar-refractivity contribution is 0.558. The standard InChI is InChI=1S/C17H22N2S/c1-3-8-18-12(2)16-11-20-17(19-16)15-9-13-6-4-5-7-14(13)10-15/h4-7,11-12,15,18H,3,8-10H2,1-2H3. The first-order chi connectivity index (χ1) is 9.78. The molecule has 1 unspecified atom stereocenters. The summed E-state index contributed by atoms with van der Waals surface area (Å²) in [5.41, 5.74) is 4.22. The Bertz CT molecular complexity index is 551. The zero-order valence-corrected chi connectivity index (χ0v) is 13.0. The van der Waals surface area contributed by atoms with Crippen molar-refractivity contribution in [2.75, 3.05) is 6.54 Å². The van der Waals surface area contributed by atoms with E-state index in [0.29, 0.717) is 12.0 Å². The van der Waals surface area contributed by atoms with Gasteiger partial charge in [0.2, 0.25) is 0 Å². The van der Waals surface area contributed by atoms with Gasteiger partial charge in [0.05, 0.1) is 10.7 Å². The van der Waals surface area contributed by atoms with Crippen molar-refractivity contribution in [2.45, 2.75) is 45.1 Å². The highest BCUT2D eigenvalue weighted by Crippen LogP contribution is 2.35. The Labute approximate surface area is 125 Å². The van der Waals surface area contributed by atoms with Crippen LogP contribution in [0.4, 0.5) is 0 Å². The van der Waals surface area contributed by atoms with Gasteiger partial charge in [-0.1, -0.05) is 31.2 Å². The van der Waals surface area contributed by atoms with E-state index in [0.717, 1.165) is 19.4 Å². The van der Waals surface area contributed by atoms with E-state index >= 15 is 0 Å². The zero-order valence-electron chi connectivity index (χ0n) is 12.2. The van der Waals surface area contributed by atoms with Gasteiger partial charge in [0.25, 0.3) is 0 Å². The van der Waals surface area contributed by atoms with Crippen molar-refractivity contribution in [1.29, 1.82) is 0 Å². The lowest BCUT2D eigenvalue weighted by Gasteiger charge is -2.10. The summed E-state index contributed by atoms with van der Waals surface area (Å²) in [4.78, 5) is 4.88. The highest BCUT2D eigenvalue weighted by Gasteiger charge is 2.25. The molecule has 0 radical (unpaired) electrons. The SMILES string of the molecule is CCCNC(C)c1csc(C2Cc3ccccc3C2)n1. The van der Waals surface area contributed by atoms with E-state index in [1.165, 1.54) is 28.2 Å². The minimum Gasteiger partial charge on any atom is -0.309 e. The van der Waals surface area contributed by atoms with E-state index in [4.69, 9.17) is 4.98 Å². The van der Waals surface area contributed by atoms with Gasteiger partial charge in [-0.15, -0.1) is 11.3 Å². The predicted molar refractivity (Wildman–Crippen MR) is 85.4 cm³/mol. The number of fused-ring (bicyclic) bond motifs is 1. The molecule has 0 spiro atoms. The molecule has 106 valence electrons. The number of nitrogens with zero attached hydrogens (tertiary/aromatic N) is 1. The van der Waals surface area contributed by atoms with Crippen molar-refractivity contribution in [1.82, 2.24) is 10.3 Å². The Morgan fingerprint density at radius 2 is 2.00 bits per heavy atom. The fraction of sp³-hybridized carbons (Fsp3) is 0.471. The highest BCUT2D eigenvalue weighted by atomic mass is 32.1. The van der Waals surface area contributed by atoms with Crippen molar-refractivity contribution < 1.29 is 0 Å². The normalized spacial score (nSPS) is 16.3. The van der Waals surface area contributed by atoms with Crippen LogP contribution in [0.1, 0.15) is 54.1 Å². The third kappa shape index (κ3) is 2.79. The topological polar surface area (TPSA) is 24.9 Å². The first kappa shape index (κ1) is 13.8. The number of thiazole rings is 1. The van der Waals surface area contributed by atoms with Gasteiger partial charge in [0, 0.05) is 17.3 Å². The quantitative estimate of drug-likeness (QED) is 0.895. The van der Waals surface area contributed by atoms with Crippen LogP contribution in [0.2, 0.25) is 0 Å². The van der Waals surface area contributed by atoms with Crippen LogP contribution in [-0.2, 0) is 12.8 Å². The van der Waals surface area contributed by atoms with Crippen LogP contribution >= 0.6 is 11.3 Å². The molecule has 1 aromatic carbocycles. The number of benzene rings is 1. The zero-order chi connectivity index (χ0) is 13.9. The predicted octanol–water partition coefficient (Wildman–Crippen LogP) is 4.09. The molecular weight excluding hydrogens is 264 g/mol. The third-order valence-electron chi connectivity index (χ3n) is 4.08. The van der Waals surface area contributed by atoms with E-state index in [-0.39, 0.29) is 0 Å². The molecule has 20 heavy (non-hydrogen) atoms. The molecular formula is C17H22N2S.